The maximum atomic E-state index is 12.3. The van der Waals surface area contributed by atoms with Gasteiger partial charge in [0.25, 0.3) is 5.91 Å². The molecule has 0 atom stereocenters. The predicted molar refractivity (Wildman–Crippen MR) is 91.3 cm³/mol. The molecule has 0 saturated carbocycles. The van der Waals surface area contributed by atoms with Gasteiger partial charge in [-0.2, -0.15) is 0 Å². The quantitative estimate of drug-likeness (QED) is 0.928. The first-order chi connectivity index (χ1) is 12.2. The molecule has 7 nitrogen and oxygen atoms in total. The zero-order chi connectivity index (χ0) is 17.4. The number of oxazole rings is 1. The summed E-state index contributed by atoms with van der Waals surface area (Å²) in [6, 6.07) is 3.90. The van der Waals surface area contributed by atoms with Crippen molar-refractivity contribution >= 4 is 23.0 Å². The van der Waals surface area contributed by atoms with Crippen LogP contribution in [-0.2, 0) is 11.2 Å². The Morgan fingerprint density at radius 2 is 2.24 bits per heavy atom. The van der Waals surface area contributed by atoms with Gasteiger partial charge in [-0.25, -0.2) is 9.98 Å². The zero-order valence-corrected chi connectivity index (χ0v) is 14.0. The van der Waals surface area contributed by atoms with Gasteiger partial charge in [-0.15, -0.1) is 0 Å². The summed E-state index contributed by atoms with van der Waals surface area (Å²) in [6.45, 7) is 2.86. The minimum atomic E-state index is -0.365. The van der Waals surface area contributed by atoms with Crippen LogP contribution < -0.4 is 10.1 Å². The number of hydrogen-bond donors (Lipinski definition) is 1. The second-order valence-corrected chi connectivity index (χ2v) is 5.82. The minimum Gasteiger partial charge on any atom is -0.496 e. The van der Waals surface area contributed by atoms with Crippen LogP contribution in [0.25, 0.3) is 5.57 Å². The number of carbonyl (C=O) groups excluding carboxylic acids is 1. The molecule has 0 unspecified atom stereocenters. The maximum Gasteiger partial charge on any atom is 0.294 e. The molecule has 1 N–H and O–H groups in total. The lowest BCUT2D eigenvalue weighted by atomic mass is 10.00. The average molecular weight is 339 g/mol. The fourth-order valence-electron chi connectivity index (χ4n) is 3.01. The van der Waals surface area contributed by atoms with Gasteiger partial charge in [-0.1, -0.05) is 6.08 Å². The summed E-state index contributed by atoms with van der Waals surface area (Å²) >= 11 is 0. The summed E-state index contributed by atoms with van der Waals surface area (Å²) < 4.78 is 16.1. The Bertz CT molecular complexity index is 911. The van der Waals surface area contributed by atoms with Crippen molar-refractivity contribution in [1.29, 1.82) is 0 Å². The molecule has 2 aromatic rings. The Balaban J connectivity index is 1.64. The molecule has 1 amide bonds. The summed E-state index contributed by atoms with van der Waals surface area (Å²) in [5.41, 5.74) is 3.88. The third-order valence-electron chi connectivity index (χ3n) is 4.20. The second-order valence-electron chi connectivity index (χ2n) is 5.82. The number of fused-ring (bicyclic) bond motifs is 1. The first-order valence-electron chi connectivity index (χ1n) is 7.94. The van der Waals surface area contributed by atoms with Crippen molar-refractivity contribution in [2.24, 2.45) is 4.99 Å². The molecular weight excluding hydrogens is 322 g/mol. The molecule has 128 valence electrons. The van der Waals surface area contributed by atoms with Crippen LogP contribution in [0.1, 0.15) is 27.6 Å². The van der Waals surface area contributed by atoms with E-state index >= 15 is 0 Å². The average Bonchev–Trinajstić information content (AvgIpc) is 3.33. The number of nitrogens with one attached hydrogen (secondary N) is 1. The number of aryl methyl sites for hydroxylation is 1. The van der Waals surface area contributed by atoms with E-state index in [1.165, 1.54) is 6.20 Å². The normalized spacial score (nSPS) is 15.6. The highest BCUT2D eigenvalue weighted by molar-refractivity contribution is 6.08. The number of aromatic nitrogens is 1. The number of carbonyl (C=O) groups is 1. The topological polar surface area (TPSA) is 86.0 Å². The zero-order valence-electron chi connectivity index (χ0n) is 14.0. The largest absolute Gasteiger partial charge is 0.496 e. The molecule has 0 aliphatic carbocycles. The van der Waals surface area contributed by atoms with Gasteiger partial charge in [-0.05, 0) is 17.7 Å². The Hall–Kier alpha value is -2.93. The predicted octanol–water partition coefficient (Wildman–Crippen LogP) is 2.42. The second kappa shape index (κ2) is 6.18. The third-order valence-corrected chi connectivity index (χ3v) is 4.20. The van der Waals surface area contributed by atoms with Crippen molar-refractivity contribution in [3.8, 4) is 5.75 Å². The Morgan fingerprint density at radius 3 is 2.92 bits per heavy atom. The lowest BCUT2D eigenvalue weighted by molar-refractivity contribution is 0.0948. The van der Waals surface area contributed by atoms with Crippen LogP contribution in [0.3, 0.4) is 0 Å². The standard InChI is InChI=1S/C18H17N3O4/c1-10-19-8-15(25-10)18(22)21-16-7-13-14(23-2)4-3-12(17(13)20-16)11-5-6-24-9-11/h3-5,8H,6-7,9H2,1-2H3,(H,20,21,22). The molecule has 2 aliphatic rings. The number of methoxy groups -OCH3 is 1. The van der Waals surface area contributed by atoms with Crippen LogP contribution >= 0.6 is 0 Å². The van der Waals surface area contributed by atoms with Crippen LogP contribution in [0.2, 0.25) is 0 Å². The van der Waals surface area contributed by atoms with E-state index in [9.17, 15) is 4.79 Å². The molecule has 25 heavy (non-hydrogen) atoms. The number of rotatable bonds is 3. The molecule has 0 bridgehead atoms. The highest BCUT2D eigenvalue weighted by Gasteiger charge is 2.26. The lowest BCUT2D eigenvalue weighted by Crippen LogP contribution is -2.30. The minimum absolute atomic E-state index is 0.162. The van der Waals surface area contributed by atoms with Crippen LogP contribution in [0.4, 0.5) is 5.69 Å². The molecule has 0 saturated heterocycles. The van der Waals surface area contributed by atoms with Crippen LogP contribution in [0.5, 0.6) is 5.75 Å². The number of nitrogens with zero attached hydrogens (tertiary/aromatic N) is 2. The first kappa shape index (κ1) is 15.6. The van der Waals surface area contributed by atoms with E-state index in [0.717, 1.165) is 28.1 Å². The van der Waals surface area contributed by atoms with Crippen LogP contribution in [0, 0.1) is 6.92 Å². The van der Waals surface area contributed by atoms with Crippen molar-refractivity contribution in [2.75, 3.05) is 20.3 Å². The van der Waals surface area contributed by atoms with Gasteiger partial charge >= 0.3 is 0 Å². The molecule has 0 fully saturated rings. The fourth-order valence-corrected chi connectivity index (χ4v) is 3.01. The summed E-state index contributed by atoms with van der Waals surface area (Å²) in [7, 11) is 1.63. The van der Waals surface area contributed by atoms with Crippen LogP contribution in [0.15, 0.2) is 33.8 Å². The summed E-state index contributed by atoms with van der Waals surface area (Å²) in [6.07, 6.45) is 3.94. The molecule has 0 radical (unpaired) electrons. The van der Waals surface area contributed by atoms with E-state index in [4.69, 9.17) is 13.9 Å². The fraction of sp³-hybridized carbons (Fsp3) is 0.278. The first-order valence-corrected chi connectivity index (χ1v) is 7.94. The van der Waals surface area contributed by atoms with Gasteiger partial charge in [0.15, 0.2) is 5.89 Å². The Labute approximate surface area is 144 Å². The number of ether oxygens (including phenoxy) is 2. The van der Waals surface area contributed by atoms with Crippen molar-refractivity contribution in [2.45, 2.75) is 13.3 Å². The lowest BCUT2D eigenvalue weighted by Gasteiger charge is -2.11. The van der Waals surface area contributed by atoms with Gasteiger partial charge in [-0.3, -0.25) is 4.79 Å². The highest BCUT2D eigenvalue weighted by Crippen LogP contribution is 2.40. The van der Waals surface area contributed by atoms with Crippen LogP contribution in [-0.4, -0.2) is 37.1 Å². The monoisotopic (exact) mass is 339 g/mol. The molecule has 1 aromatic heterocycles. The van der Waals surface area contributed by atoms with E-state index in [0.29, 0.717) is 31.4 Å². The number of amides is 1. The molecular formula is C18H17N3O4. The number of amidine groups is 1. The summed E-state index contributed by atoms with van der Waals surface area (Å²) in [5.74, 6) is 1.55. The van der Waals surface area contributed by atoms with E-state index in [1.807, 2.05) is 18.2 Å². The Morgan fingerprint density at radius 1 is 1.36 bits per heavy atom. The number of aliphatic imine (C=N–C) groups is 1. The highest BCUT2D eigenvalue weighted by atomic mass is 16.5. The van der Waals surface area contributed by atoms with E-state index < -0.39 is 0 Å². The summed E-state index contributed by atoms with van der Waals surface area (Å²) in [5, 5.41) is 2.80. The van der Waals surface area contributed by atoms with Crippen molar-refractivity contribution in [3.05, 3.63) is 47.2 Å². The van der Waals surface area contributed by atoms with Crippen molar-refractivity contribution < 1.29 is 18.7 Å². The molecule has 2 aliphatic heterocycles. The van der Waals surface area contributed by atoms with Gasteiger partial charge in [0.1, 0.15) is 11.6 Å². The molecule has 7 heteroatoms. The van der Waals surface area contributed by atoms with Crippen molar-refractivity contribution in [3.63, 3.8) is 0 Å². The molecule has 1 aromatic carbocycles. The smallest absolute Gasteiger partial charge is 0.294 e. The van der Waals surface area contributed by atoms with E-state index in [-0.39, 0.29) is 11.7 Å². The SMILES string of the molecule is COc1ccc(C2=CCOC2)c2c1CC(NC(=O)c1cnc(C)o1)=N2. The molecule has 4 rings (SSSR count). The Kier molecular flexibility index (Phi) is 3.85. The third kappa shape index (κ3) is 2.83. The van der Waals surface area contributed by atoms with E-state index in [2.05, 4.69) is 15.3 Å². The van der Waals surface area contributed by atoms with Gasteiger partial charge in [0.05, 0.1) is 32.2 Å². The van der Waals surface area contributed by atoms with Gasteiger partial charge in [0.2, 0.25) is 5.76 Å². The van der Waals surface area contributed by atoms with Crippen molar-refractivity contribution in [1.82, 2.24) is 10.3 Å². The van der Waals surface area contributed by atoms with E-state index in [1.54, 1.807) is 14.0 Å². The molecule has 0 spiro atoms. The van der Waals surface area contributed by atoms with Gasteiger partial charge in [0, 0.05) is 24.5 Å². The number of hydrogen-bond acceptors (Lipinski definition) is 6. The summed E-state index contributed by atoms with van der Waals surface area (Å²) in [4.78, 5) is 20.8. The molecule has 3 heterocycles. The number of benzene rings is 1. The maximum absolute atomic E-state index is 12.3. The van der Waals surface area contributed by atoms with Gasteiger partial charge < -0.3 is 19.2 Å².